The Morgan fingerprint density at radius 1 is 0.885 bits per heavy atom. The molecule has 146 valence electrons. The molecule has 0 aliphatic carbocycles. The molecule has 0 fully saturated rings. The van der Waals surface area contributed by atoms with Gasteiger partial charge in [-0.15, -0.1) is 24.8 Å². The predicted octanol–water partition coefficient (Wildman–Crippen LogP) is 5.00. The third-order valence-corrected chi connectivity index (χ3v) is 5.23. The van der Waals surface area contributed by atoms with E-state index in [1.165, 1.54) is 11.1 Å². The van der Waals surface area contributed by atoms with Gasteiger partial charge >= 0.3 is 0 Å². The molecular formula is C22H34Cl2N2. The zero-order chi connectivity index (χ0) is 17.3. The lowest BCUT2D eigenvalue weighted by atomic mass is 9.69. The number of nitrogens with two attached hydrogens (primary N) is 1. The first kappa shape index (κ1) is 24.9. The number of hydrogen-bond acceptors (Lipinski definition) is 2. The van der Waals surface area contributed by atoms with Crippen LogP contribution in [0.1, 0.15) is 37.8 Å². The summed E-state index contributed by atoms with van der Waals surface area (Å²) in [6, 6.07) is 21.5. The molecule has 2 aromatic carbocycles. The Balaban J connectivity index is 0.00000312. The highest BCUT2D eigenvalue weighted by Crippen LogP contribution is 2.35. The van der Waals surface area contributed by atoms with Crippen molar-refractivity contribution in [3.8, 4) is 0 Å². The zero-order valence-corrected chi connectivity index (χ0v) is 17.6. The van der Waals surface area contributed by atoms with Gasteiger partial charge in [0.05, 0.1) is 0 Å². The molecule has 3 N–H and O–H groups in total. The molecule has 0 spiro atoms. The minimum Gasteiger partial charge on any atom is -0.330 e. The average molecular weight is 397 g/mol. The summed E-state index contributed by atoms with van der Waals surface area (Å²) in [7, 11) is 0. The van der Waals surface area contributed by atoms with E-state index in [9.17, 15) is 0 Å². The van der Waals surface area contributed by atoms with Gasteiger partial charge < -0.3 is 11.1 Å². The molecule has 0 aliphatic rings. The SMILES string of the molecule is CC(C)C(CN)(CCCNCCc1ccccc1)c1ccccc1.Cl.Cl. The summed E-state index contributed by atoms with van der Waals surface area (Å²) in [5, 5.41) is 3.58. The van der Waals surface area contributed by atoms with Gasteiger partial charge in [-0.25, -0.2) is 0 Å². The molecule has 0 saturated carbocycles. The molecule has 0 saturated heterocycles. The van der Waals surface area contributed by atoms with E-state index in [1.54, 1.807) is 0 Å². The highest BCUT2D eigenvalue weighted by Gasteiger charge is 2.33. The Morgan fingerprint density at radius 2 is 1.46 bits per heavy atom. The number of nitrogens with one attached hydrogen (secondary N) is 1. The monoisotopic (exact) mass is 396 g/mol. The van der Waals surface area contributed by atoms with Crippen LogP contribution in [-0.2, 0) is 11.8 Å². The highest BCUT2D eigenvalue weighted by atomic mass is 35.5. The van der Waals surface area contributed by atoms with Crippen molar-refractivity contribution in [2.24, 2.45) is 11.7 Å². The molecule has 0 heterocycles. The van der Waals surface area contributed by atoms with Crippen molar-refractivity contribution < 1.29 is 0 Å². The van der Waals surface area contributed by atoms with Gasteiger partial charge in [0, 0.05) is 12.0 Å². The molecule has 0 aliphatic heterocycles. The van der Waals surface area contributed by atoms with Crippen LogP contribution < -0.4 is 11.1 Å². The van der Waals surface area contributed by atoms with Gasteiger partial charge in [0.15, 0.2) is 0 Å². The van der Waals surface area contributed by atoms with Gasteiger partial charge in [0.25, 0.3) is 0 Å². The quantitative estimate of drug-likeness (QED) is 0.554. The topological polar surface area (TPSA) is 38.0 Å². The lowest BCUT2D eigenvalue weighted by Crippen LogP contribution is -2.40. The maximum absolute atomic E-state index is 6.24. The highest BCUT2D eigenvalue weighted by molar-refractivity contribution is 5.85. The first-order chi connectivity index (χ1) is 11.7. The Bertz CT molecular complexity index is 575. The molecule has 1 unspecified atom stereocenters. The molecule has 4 heteroatoms. The summed E-state index contributed by atoms with van der Waals surface area (Å²) in [4.78, 5) is 0. The zero-order valence-electron chi connectivity index (χ0n) is 16.0. The third kappa shape index (κ3) is 6.92. The molecule has 26 heavy (non-hydrogen) atoms. The molecular weight excluding hydrogens is 363 g/mol. The predicted molar refractivity (Wildman–Crippen MR) is 119 cm³/mol. The first-order valence-corrected chi connectivity index (χ1v) is 9.19. The first-order valence-electron chi connectivity index (χ1n) is 9.19. The summed E-state index contributed by atoms with van der Waals surface area (Å²) < 4.78 is 0. The van der Waals surface area contributed by atoms with Crippen molar-refractivity contribution in [2.45, 2.75) is 38.5 Å². The molecule has 0 aromatic heterocycles. The van der Waals surface area contributed by atoms with E-state index in [1.807, 2.05) is 0 Å². The smallest absolute Gasteiger partial charge is 0.00989 e. The van der Waals surface area contributed by atoms with E-state index in [0.29, 0.717) is 12.5 Å². The summed E-state index contributed by atoms with van der Waals surface area (Å²) >= 11 is 0. The maximum atomic E-state index is 6.24. The van der Waals surface area contributed by atoms with Crippen LogP contribution >= 0.6 is 24.8 Å². The fraction of sp³-hybridized carbons (Fsp3) is 0.455. The number of rotatable bonds is 10. The van der Waals surface area contributed by atoms with Crippen molar-refractivity contribution in [2.75, 3.05) is 19.6 Å². The second kappa shape index (κ2) is 13.2. The van der Waals surface area contributed by atoms with Crippen molar-refractivity contribution in [1.82, 2.24) is 5.32 Å². The molecule has 2 aromatic rings. The van der Waals surface area contributed by atoms with Crippen LogP contribution in [0.5, 0.6) is 0 Å². The van der Waals surface area contributed by atoms with Crippen molar-refractivity contribution in [1.29, 1.82) is 0 Å². The van der Waals surface area contributed by atoms with Gasteiger partial charge in [-0.3, -0.25) is 0 Å². The molecule has 2 nitrogen and oxygen atoms in total. The molecule has 1 atom stereocenters. The van der Waals surface area contributed by atoms with Crippen LogP contribution in [0.2, 0.25) is 0 Å². The Kier molecular flexibility index (Phi) is 12.6. The van der Waals surface area contributed by atoms with Gasteiger partial charge in [-0.2, -0.15) is 0 Å². The minimum atomic E-state index is 0. The van der Waals surface area contributed by atoms with E-state index in [-0.39, 0.29) is 30.2 Å². The van der Waals surface area contributed by atoms with Crippen LogP contribution in [0.25, 0.3) is 0 Å². The van der Waals surface area contributed by atoms with Crippen LogP contribution in [0.15, 0.2) is 60.7 Å². The second-order valence-corrected chi connectivity index (χ2v) is 6.97. The molecule has 0 bridgehead atoms. The normalized spacial score (nSPS) is 12.8. The molecule has 0 amide bonds. The van der Waals surface area contributed by atoms with Gasteiger partial charge in [-0.1, -0.05) is 74.5 Å². The summed E-state index contributed by atoms with van der Waals surface area (Å²) in [5.74, 6) is 0.536. The minimum absolute atomic E-state index is 0. The maximum Gasteiger partial charge on any atom is 0.00989 e. The van der Waals surface area contributed by atoms with E-state index in [0.717, 1.165) is 32.4 Å². The van der Waals surface area contributed by atoms with Crippen molar-refractivity contribution in [3.05, 3.63) is 71.8 Å². The van der Waals surface area contributed by atoms with Crippen LogP contribution in [-0.4, -0.2) is 19.6 Å². The second-order valence-electron chi connectivity index (χ2n) is 6.97. The van der Waals surface area contributed by atoms with Crippen LogP contribution in [0.4, 0.5) is 0 Å². The molecule has 0 radical (unpaired) electrons. The number of benzene rings is 2. The van der Waals surface area contributed by atoms with Crippen molar-refractivity contribution in [3.63, 3.8) is 0 Å². The van der Waals surface area contributed by atoms with Crippen LogP contribution in [0.3, 0.4) is 0 Å². The number of hydrogen-bond donors (Lipinski definition) is 2. The largest absolute Gasteiger partial charge is 0.330 e. The Hall–Kier alpha value is -1.06. The third-order valence-electron chi connectivity index (χ3n) is 5.23. The Morgan fingerprint density at radius 3 is 2.00 bits per heavy atom. The van der Waals surface area contributed by atoms with E-state index in [4.69, 9.17) is 5.73 Å². The van der Waals surface area contributed by atoms with Crippen LogP contribution in [0, 0.1) is 5.92 Å². The number of halogens is 2. The fourth-order valence-corrected chi connectivity index (χ4v) is 3.52. The van der Waals surface area contributed by atoms with Gasteiger partial charge in [0.1, 0.15) is 0 Å². The lowest BCUT2D eigenvalue weighted by Gasteiger charge is -2.37. The summed E-state index contributed by atoms with van der Waals surface area (Å²) in [6.45, 7) is 7.38. The van der Waals surface area contributed by atoms with E-state index in [2.05, 4.69) is 79.8 Å². The standard InChI is InChI=1S/C22H32N2.2ClH/c1-19(2)22(18-23,21-12-7-4-8-13-21)15-9-16-24-17-14-20-10-5-3-6-11-20;;/h3-8,10-13,19,24H,9,14-18,23H2,1-2H3;2*1H. The lowest BCUT2D eigenvalue weighted by molar-refractivity contribution is 0.284. The van der Waals surface area contributed by atoms with Gasteiger partial charge in [-0.05, 0) is 49.4 Å². The molecule has 2 rings (SSSR count). The Labute approximate surface area is 171 Å². The average Bonchev–Trinajstić information content (AvgIpc) is 2.63. The summed E-state index contributed by atoms with van der Waals surface area (Å²) in [6.07, 6.45) is 3.37. The fourth-order valence-electron chi connectivity index (χ4n) is 3.52. The summed E-state index contributed by atoms with van der Waals surface area (Å²) in [5.41, 5.74) is 9.10. The van der Waals surface area contributed by atoms with E-state index >= 15 is 0 Å². The van der Waals surface area contributed by atoms with E-state index < -0.39 is 0 Å². The van der Waals surface area contributed by atoms with Crippen molar-refractivity contribution >= 4 is 24.8 Å². The van der Waals surface area contributed by atoms with Gasteiger partial charge in [0.2, 0.25) is 0 Å².